The predicted molar refractivity (Wildman–Crippen MR) is 122 cm³/mol. The molecule has 2 aromatic rings. The van der Waals surface area contributed by atoms with E-state index in [2.05, 4.69) is 5.32 Å². The lowest BCUT2D eigenvalue weighted by Gasteiger charge is -2.28. The molecule has 0 aliphatic heterocycles. The van der Waals surface area contributed by atoms with Gasteiger partial charge in [0.05, 0.1) is 18.6 Å². The van der Waals surface area contributed by atoms with Crippen LogP contribution in [0.1, 0.15) is 37.0 Å². The summed E-state index contributed by atoms with van der Waals surface area (Å²) in [6, 6.07) is 12.6. The van der Waals surface area contributed by atoms with E-state index in [0.29, 0.717) is 18.8 Å². The van der Waals surface area contributed by atoms with Crippen LogP contribution in [0.25, 0.3) is 0 Å². The zero-order chi connectivity index (χ0) is 22.3. The van der Waals surface area contributed by atoms with Crippen molar-refractivity contribution in [3.05, 3.63) is 59.2 Å². The first-order valence-corrected chi connectivity index (χ1v) is 12.0. The minimum atomic E-state index is -3.62. The van der Waals surface area contributed by atoms with Crippen molar-refractivity contribution in [2.45, 2.75) is 46.6 Å². The van der Waals surface area contributed by atoms with E-state index >= 15 is 0 Å². The summed E-state index contributed by atoms with van der Waals surface area (Å²) in [5, 5.41) is 2.87. The summed E-state index contributed by atoms with van der Waals surface area (Å²) in [5.74, 6) is 0.530. The maximum atomic E-state index is 12.7. The van der Waals surface area contributed by atoms with Crippen LogP contribution in [0.15, 0.2) is 42.5 Å². The van der Waals surface area contributed by atoms with Crippen LogP contribution in [-0.4, -0.2) is 39.8 Å². The molecule has 1 unspecified atom stereocenters. The molecule has 1 amide bonds. The molecular weight excluding hydrogens is 400 g/mol. The summed E-state index contributed by atoms with van der Waals surface area (Å²) in [4.78, 5) is 12.7. The lowest BCUT2D eigenvalue weighted by molar-refractivity contribution is -0.121. The summed E-state index contributed by atoms with van der Waals surface area (Å²) in [6.07, 6.45) is 2.70. The van der Waals surface area contributed by atoms with Crippen LogP contribution >= 0.6 is 0 Å². The number of anilines is 1. The number of aryl methyl sites for hydroxylation is 3. The third-order valence-corrected chi connectivity index (χ3v) is 5.97. The smallest absolute Gasteiger partial charge is 0.243 e. The molecule has 1 atom stereocenters. The quantitative estimate of drug-likeness (QED) is 0.582. The maximum Gasteiger partial charge on any atom is 0.243 e. The van der Waals surface area contributed by atoms with Gasteiger partial charge in [0.25, 0.3) is 0 Å². The summed E-state index contributed by atoms with van der Waals surface area (Å²) < 4.78 is 31.5. The van der Waals surface area contributed by atoms with Gasteiger partial charge in [0.2, 0.25) is 15.9 Å². The molecule has 0 spiro atoms. The minimum absolute atomic E-state index is 0.314. The highest BCUT2D eigenvalue weighted by Crippen LogP contribution is 2.24. The van der Waals surface area contributed by atoms with Crippen molar-refractivity contribution in [2.24, 2.45) is 0 Å². The number of sulfonamides is 1. The van der Waals surface area contributed by atoms with Gasteiger partial charge in [0.15, 0.2) is 0 Å². The van der Waals surface area contributed by atoms with Gasteiger partial charge in [-0.1, -0.05) is 18.2 Å². The molecule has 0 bridgehead atoms. The van der Waals surface area contributed by atoms with Gasteiger partial charge >= 0.3 is 0 Å². The van der Waals surface area contributed by atoms with Gasteiger partial charge in [0, 0.05) is 6.54 Å². The number of nitrogens with zero attached hydrogens (tertiary/aromatic N) is 1. The van der Waals surface area contributed by atoms with E-state index in [1.807, 2.05) is 51.1 Å². The molecule has 0 radical (unpaired) electrons. The van der Waals surface area contributed by atoms with Crippen molar-refractivity contribution >= 4 is 21.6 Å². The van der Waals surface area contributed by atoms with Crippen molar-refractivity contribution in [3.63, 3.8) is 0 Å². The van der Waals surface area contributed by atoms with Gasteiger partial charge in [-0.3, -0.25) is 9.10 Å². The second-order valence-electron chi connectivity index (χ2n) is 7.55. The average molecular weight is 433 g/mol. The van der Waals surface area contributed by atoms with Crippen molar-refractivity contribution in [2.75, 3.05) is 23.7 Å². The molecule has 7 heteroatoms. The second-order valence-corrected chi connectivity index (χ2v) is 9.41. The topological polar surface area (TPSA) is 75.7 Å². The summed E-state index contributed by atoms with van der Waals surface area (Å²) in [6.45, 7) is 8.48. The largest absolute Gasteiger partial charge is 0.494 e. The van der Waals surface area contributed by atoms with Crippen LogP contribution in [0, 0.1) is 13.8 Å². The SMILES string of the molecule is CCOc1ccc(CCCNC(=O)C(C)N(c2cc(C)cc(C)c2)S(C)(=O)=O)cc1. The van der Waals surface area contributed by atoms with Gasteiger partial charge in [-0.2, -0.15) is 0 Å². The van der Waals surface area contributed by atoms with E-state index in [-0.39, 0.29) is 5.91 Å². The van der Waals surface area contributed by atoms with Gasteiger partial charge in [-0.25, -0.2) is 8.42 Å². The molecule has 0 aromatic heterocycles. The highest BCUT2D eigenvalue weighted by Gasteiger charge is 2.29. The van der Waals surface area contributed by atoms with E-state index < -0.39 is 16.1 Å². The molecule has 0 aliphatic carbocycles. The number of hydrogen-bond acceptors (Lipinski definition) is 4. The van der Waals surface area contributed by atoms with E-state index in [0.717, 1.165) is 41.5 Å². The fourth-order valence-electron chi connectivity index (χ4n) is 3.46. The van der Waals surface area contributed by atoms with Crippen LogP contribution < -0.4 is 14.4 Å². The predicted octanol–water partition coefficient (Wildman–Crippen LogP) is 3.61. The normalized spacial score (nSPS) is 12.3. The van der Waals surface area contributed by atoms with E-state index in [1.165, 1.54) is 4.31 Å². The molecular formula is C23H32N2O4S. The highest BCUT2D eigenvalue weighted by molar-refractivity contribution is 7.92. The van der Waals surface area contributed by atoms with Gasteiger partial charge in [-0.15, -0.1) is 0 Å². The third-order valence-electron chi connectivity index (χ3n) is 4.73. The van der Waals surface area contributed by atoms with Crippen molar-refractivity contribution in [1.82, 2.24) is 5.32 Å². The van der Waals surface area contributed by atoms with Gasteiger partial charge in [0.1, 0.15) is 11.8 Å². The Morgan fingerprint density at radius 2 is 1.70 bits per heavy atom. The fraction of sp³-hybridized carbons (Fsp3) is 0.435. The molecule has 6 nitrogen and oxygen atoms in total. The number of nitrogens with one attached hydrogen (secondary N) is 1. The van der Waals surface area contributed by atoms with Crippen molar-refractivity contribution in [1.29, 1.82) is 0 Å². The second kappa shape index (κ2) is 10.5. The standard InChI is InChI=1S/C23H32N2O4S/c1-6-29-22-11-9-20(10-12-22)8-7-13-24-23(26)19(4)25(30(5,27)28)21-15-17(2)14-18(3)16-21/h9-12,14-16,19H,6-8,13H2,1-5H3,(H,24,26). The Morgan fingerprint density at radius 3 is 2.23 bits per heavy atom. The molecule has 2 rings (SSSR count). The zero-order valence-electron chi connectivity index (χ0n) is 18.4. The summed E-state index contributed by atoms with van der Waals surface area (Å²) >= 11 is 0. The van der Waals surface area contributed by atoms with Crippen LogP contribution in [0.3, 0.4) is 0 Å². The minimum Gasteiger partial charge on any atom is -0.494 e. The zero-order valence-corrected chi connectivity index (χ0v) is 19.3. The number of rotatable bonds is 10. The summed E-state index contributed by atoms with van der Waals surface area (Å²) in [7, 11) is -3.62. The molecule has 0 saturated carbocycles. The molecule has 0 aliphatic rings. The first-order chi connectivity index (χ1) is 14.1. The van der Waals surface area contributed by atoms with Crippen molar-refractivity contribution in [3.8, 4) is 5.75 Å². The highest BCUT2D eigenvalue weighted by atomic mass is 32.2. The molecule has 0 saturated heterocycles. The van der Waals surface area contributed by atoms with E-state index in [9.17, 15) is 13.2 Å². The Bertz CT molecular complexity index is 935. The Kier molecular flexibility index (Phi) is 8.29. The number of hydrogen-bond donors (Lipinski definition) is 1. The fourth-order valence-corrected chi connectivity index (χ4v) is 4.62. The van der Waals surface area contributed by atoms with Gasteiger partial charge in [-0.05, 0) is 81.5 Å². The maximum absolute atomic E-state index is 12.7. The summed E-state index contributed by atoms with van der Waals surface area (Å²) in [5.41, 5.74) is 3.56. The van der Waals surface area contributed by atoms with Crippen LogP contribution in [0.5, 0.6) is 5.75 Å². The van der Waals surface area contributed by atoms with Crippen LogP contribution in [-0.2, 0) is 21.2 Å². The Labute approximate surface area is 180 Å². The lowest BCUT2D eigenvalue weighted by atomic mass is 10.1. The lowest BCUT2D eigenvalue weighted by Crippen LogP contribution is -2.48. The molecule has 1 N–H and O–H groups in total. The van der Waals surface area contributed by atoms with Crippen LogP contribution in [0.4, 0.5) is 5.69 Å². The Morgan fingerprint density at radius 1 is 1.10 bits per heavy atom. The molecule has 0 heterocycles. The monoisotopic (exact) mass is 432 g/mol. The number of ether oxygens (including phenoxy) is 1. The number of carbonyl (C=O) groups is 1. The number of benzene rings is 2. The van der Waals surface area contributed by atoms with E-state index in [4.69, 9.17) is 4.74 Å². The molecule has 0 fully saturated rings. The number of carbonyl (C=O) groups excluding carboxylic acids is 1. The Balaban J connectivity index is 1.97. The first-order valence-electron chi connectivity index (χ1n) is 10.2. The molecule has 2 aromatic carbocycles. The third kappa shape index (κ3) is 6.76. The van der Waals surface area contributed by atoms with Crippen LogP contribution in [0.2, 0.25) is 0 Å². The molecule has 30 heavy (non-hydrogen) atoms. The first kappa shape index (κ1) is 23.7. The van der Waals surface area contributed by atoms with Gasteiger partial charge < -0.3 is 10.1 Å². The van der Waals surface area contributed by atoms with Crippen molar-refractivity contribution < 1.29 is 17.9 Å². The average Bonchev–Trinajstić information content (AvgIpc) is 2.64. The Hall–Kier alpha value is -2.54. The number of amides is 1. The van der Waals surface area contributed by atoms with E-state index in [1.54, 1.807) is 19.1 Å². The molecule has 164 valence electrons.